The molecule has 4 bridgehead atoms. The Morgan fingerprint density at radius 1 is 0.824 bits per heavy atom. The average molecular weight is 234 g/mol. The van der Waals surface area contributed by atoms with Gasteiger partial charge in [-0.15, -0.1) is 0 Å². The van der Waals surface area contributed by atoms with Gasteiger partial charge in [0.05, 0.1) is 5.60 Å². The lowest BCUT2D eigenvalue weighted by atomic mass is 9.48. The summed E-state index contributed by atoms with van der Waals surface area (Å²) in [6, 6.07) is 0. The van der Waals surface area contributed by atoms with Crippen molar-refractivity contribution in [1.82, 2.24) is 0 Å². The van der Waals surface area contributed by atoms with E-state index < -0.39 is 0 Å². The summed E-state index contributed by atoms with van der Waals surface area (Å²) in [5.74, 6) is 4.19. The van der Waals surface area contributed by atoms with Gasteiger partial charge in [0.25, 0.3) is 0 Å². The molecule has 0 aromatic rings. The summed E-state index contributed by atoms with van der Waals surface area (Å²) in [6.07, 6.45) is 13.7. The van der Waals surface area contributed by atoms with Crippen LogP contribution in [0.2, 0.25) is 0 Å². The SMILES string of the molecule is OC1(CC2CCCC2)C2CC3CC(C2)CC1C3. The van der Waals surface area contributed by atoms with Gasteiger partial charge in [-0.1, -0.05) is 25.7 Å². The van der Waals surface area contributed by atoms with Crippen molar-refractivity contribution in [1.29, 1.82) is 0 Å². The second kappa shape index (κ2) is 3.73. The van der Waals surface area contributed by atoms with E-state index in [0.29, 0.717) is 11.8 Å². The van der Waals surface area contributed by atoms with Crippen LogP contribution in [0.15, 0.2) is 0 Å². The fourth-order valence-corrected chi connectivity index (χ4v) is 6.01. The molecule has 0 aliphatic heterocycles. The van der Waals surface area contributed by atoms with Gasteiger partial charge in [-0.25, -0.2) is 0 Å². The van der Waals surface area contributed by atoms with Crippen molar-refractivity contribution in [2.75, 3.05) is 0 Å². The highest BCUT2D eigenvalue weighted by Gasteiger charge is 2.56. The zero-order valence-electron chi connectivity index (χ0n) is 10.9. The Bertz CT molecular complexity index is 275. The first-order chi connectivity index (χ1) is 8.24. The third kappa shape index (κ3) is 1.61. The molecule has 0 aromatic carbocycles. The second-order valence-corrected chi connectivity index (χ2v) is 7.65. The van der Waals surface area contributed by atoms with E-state index in [4.69, 9.17) is 0 Å². The molecule has 96 valence electrons. The Kier molecular flexibility index (Phi) is 2.38. The molecule has 0 radical (unpaired) electrons. The summed E-state index contributed by atoms with van der Waals surface area (Å²) in [4.78, 5) is 0. The normalized spacial score (nSPS) is 53.5. The lowest BCUT2D eigenvalue weighted by molar-refractivity contribution is -0.181. The molecule has 0 atom stereocenters. The molecule has 5 saturated carbocycles. The van der Waals surface area contributed by atoms with E-state index in [0.717, 1.165) is 24.2 Å². The molecule has 1 heteroatoms. The van der Waals surface area contributed by atoms with Crippen LogP contribution in [-0.4, -0.2) is 10.7 Å². The molecular weight excluding hydrogens is 208 g/mol. The minimum absolute atomic E-state index is 0.234. The lowest BCUT2D eigenvalue weighted by Crippen LogP contribution is -2.58. The van der Waals surface area contributed by atoms with Gasteiger partial charge in [-0.2, -0.15) is 0 Å². The summed E-state index contributed by atoms with van der Waals surface area (Å²) in [7, 11) is 0. The molecule has 1 N–H and O–H groups in total. The van der Waals surface area contributed by atoms with Crippen LogP contribution >= 0.6 is 0 Å². The Balaban J connectivity index is 1.55. The monoisotopic (exact) mass is 234 g/mol. The van der Waals surface area contributed by atoms with Crippen LogP contribution in [0.1, 0.15) is 64.2 Å². The van der Waals surface area contributed by atoms with Gasteiger partial charge < -0.3 is 5.11 Å². The van der Waals surface area contributed by atoms with Crippen LogP contribution in [0, 0.1) is 29.6 Å². The highest BCUT2D eigenvalue weighted by molar-refractivity contribution is 5.07. The molecule has 0 amide bonds. The summed E-state index contributed by atoms with van der Waals surface area (Å²) in [5, 5.41) is 11.2. The van der Waals surface area contributed by atoms with Crippen molar-refractivity contribution in [2.24, 2.45) is 29.6 Å². The first-order valence-electron chi connectivity index (χ1n) is 7.96. The molecular formula is C16H26O. The van der Waals surface area contributed by atoms with Gasteiger partial charge in [0, 0.05) is 0 Å². The number of aliphatic hydroxyl groups is 1. The van der Waals surface area contributed by atoms with Crippen molar-refractivity contribution >= 4 is 0 Å². The average Bonchev–Trinajstić information content (AvgIpc) is 2.78. The van der Waals surface area contributed by atoms with Crippen molar-refractivity contribution in [3.8, 4) is 0 Å². The lowest BCUT2D eigenvalue weighted by Gasteiger charge is -2.59. The minimum atomic E-state index is -0.234. The number of rotatable bonds is 2. The summed E-state index contributed by atoms with van der Waals surface area (Å²) in [6.45, 7) is 0. The fourth-order valence-electron chi connectivity index (χ4n) is 6.01. The number of hydrogen-bond donors (Lipinski definition) is 1. The molecule has 0 unspecified atom stereocenters. The van der Waals surface area contributed by atoms with Crippen LogP contribution in [0.5, 0.6) is 0 Å². The molecule has 0 spiro atoms. The van der Waals surface area contributed by atoms with Gasteiger partial charge in [0.15, 0.2) is 0 Å². The maximum atomic E-state index is 11.2. The van der Waals surface area contributed by atoms with Crippen molar-refractivity contribution in [3.05, 3.63) is 0 Å². The molecule has 5 rings (SSSR count). The van der Waals surface area contributed by atoms with Gasteiger partial charge in [0.1, 0.15) is 0 Å². The molecule has 5 aliphatic carbocycles. The maximum Gasteiger partial charge on any atom is 0.0706 e. The Hall–Kier alpha value is -0.0400. The smallest absolute Gasteiger partial charge is 0.0706 e. The highest BCUT2D eigenvalue weighted by atomic mass is 16.3. The van der Waals surface area contributed by atoms with Crippen LogP contribution in [-0.2, 0) is 0 Å². The van der Waals surface area contributed by atoms with Crippen LogP contribution in [0.3, 0.4) is 0 Å². The van der Waals surface area contributed by atoms with Crippen molar-refractivity contribution in [3.63, 3.8) is 0 Å². The second-order valence-electron chi connectivity index (χ2n) is 7.65. The Morgan fingerprint density at radius 3 is 1.88 bits per heavy atom. The largest absolute Gasteiger partial charge is 0.389 e. The minimum Gasteiger partial charge on any atom is -0.389 e. The summed E-state index contributed by atoms with van der Waals surface area (Å²) >= 11 is 0. The Labute approximate surface area is 105 Å². The summed E-state index contributed by atoms with van der Waals surface area (Å²) < 4.78 is 0. The van der Waals surface area contributed by atoms with Gasteiger partial charge >= 0.3 is 0 Å². The molecule has 5 fully saturated rings. The maximum absolute atomic E-state index is 11.2. The third-order valence-corrected chi connectivity index (χ3v) is 6.64. The predicted octanol–water partition coefficient (Wildman–Crippen LogP) is 3.75. The molecule has 1 nitrogen and oxygen atoms in total. The first-order valence-corrected chi connectivity index (χ1v) is 7.96. The summed E-state index contributed by atoms with van der Waals surface area (Å²) in [5.41, 5.74) is -0.234. The quantitative estimate of drug-likeness (QED) is 0.771. The van der Waals surface area contributed by atoms with E-state index in [1.165, 1.54) is 57.8 Å². The first kappa shape index (κ1) is 10.8. The Morgan fingerprint density at radius 2 is 1.35 bits per heavy atom. The van der Waals surface area contributed by atoms with Gasteiger partial charge in [0.2, 0.25) is 0 Å². The zero-order chi connectivity index (χ0) is 11.5. The van der Waals surface area contributed by atoms with Gasteiger partial charge in [-0.05, 0) is 68.1 Å². The predicted molar refractivity (Wildman–Crippen MR) is 68.6 cm³/mol. The molecule has 0 heterocycles. The molecule has 5 aliphatic rings. The van der Waals surface area contributed by atoms with Crippen LogP contribution in [0.4, 0.5) is 0 Å². The third-order valence-electron chi connectivity index (χ3n) is 6.64. The standard InChI is InChI=1S/C16H26O/c17-16(10-11-3-1-2-4-11)14-6-12-5-13(8-14)9-15(16)7-12/h11-15,17H,1-10H2. The van der Waals surface area contributed by atoms with E-state index in [2.05, 4.69) is 0 Å². The van der Waals surface area contributed by atoms with E-state index >= 15 is 0 Å². The van der Waals surface area contributed by atoms with Crippen molar-refractivity contribution < 1.29 is 5.11 Å². The molecule has 0 aromatic heterocycles. The highest BCUT2D eigenvalue weighted by Crippen LogP contribution is 2.60. The van der Waals surface area contributed by atoms with E-state index in [1.54, 1.807) is 0 Å². The van der Waals surface area contributed by atoms with E-state index in [9.17, 15) is 5.11 Å². The topological polar surface area (TPSA) is 20.2 Å². The van der Waals surface area contributed by atoms with Crippen molar-refractivity contribution in [2.45, 2.75) is 69.8 Å². The zero-order valence-corrected chi connectivity index (χ0v) is 10.9. The van der Waals surface area contributed by atoms with Gasteiger partial charge in [-0.3, -0.25) is 0 Å². The van der Waals surface area contributed by atoms with Crippen LogP contribution in [0.25, 0.3) is 0 Å². The number of hydrogen-bond acceptors (Lipinski definition) is 1. The van der Waals surface area contributed by atoms with Crippen LogP contribution < -0.4 is 0 Å². The van der Waals surface area contributed by atoms with E-state index in [1.807, 2.05) is 0 Å². The van der Waals surface area contributed by atoms with E-state index in [-0.39, 0.29) is 5.60 Å². The molecule has 17 heavy (non-hydrogen) atoms. The fraction of sp³-hybridized carbons (Fsp3) is 1.00. The molecule has 0 saturated heterocycles.